The van der Waals surface area contributed by atoms with Crippen LogP contribution >= 0.6 is 0 Å². The van der Waals surface area contributed by atoms with Crippen molar-refractivity contribution in [2.24, 2.45) is 20.0 Å². The molecule has 2 rings (SSSR count). The van der Waals surface area contributed by atoms with Crippen LogP contribution in [0.15, 0.2) is 20.0 Å². The summed E-state index contributed by atoms with van der Waals surface area (Å²) in [5.41, 5.74) is 0.320. The van der Waals surface area contributed by atoms with Crippen LogP contribution in [0.3, 0.4) is 0 Å². The van der Waals surface area contributed by atoms with E-state index < -0.39 is 5.66 Å². The highest BCUT2D eigenvalue weighted by Crippen LogP contribution is 2.15. The van der Waals surface area contributed by atoms with Crippen molar-refractivity contribution < 1.29 is 0 Å². The van der Waals surface area contributed by atoms with Gasteiger partial charge in [0.15, 0.2) is 11.5 Å². The molecule has 2 heterocycles. The first-order chi connectivity index (χ1) is 5.76. The SMILES string of the molecule is CNC1(C)N=CN=C2N=CN=C21. The molecule has 0 aliphatic carbocycles. The summed E-state index contributed by atoms with van der Waals surface area (Å²) in [7, 11) is 1.83. The Balaban J connectivity index is 2.45. The van der Waals surface area contributed by atoms with Crippen molar-refractivity contribution in [2.45, 2.75) is 12.6 Å². The Bertz CT molecular complexity index is 325. The highest BCUT2D eigenvalue weighted by molar-refractivity contribution is 6.50. The molecule has 0 saturated carbocycles. The molecular weight excluding hydrogens is 154 g/mol. The Morgan fingerprint density at radius 3 is 2.92 bits per heavy atom. The van der Waals surface area contributed by atoms with Crippen LogP contribution in [0.4, 0.5) is 0 Å². The lowest BCUT2D eigenvalue weighted by Crippen LogP contribution is -2.49. The highest BCUT2D eigenvalue weighted by atomic mass is 15.2. The summed E-state index contributed by atoms with van der Waals surface area (Å²) in [6.45, 7) is 1.94. The van der Waals surface area contributed by atoms with E-state index in [1.165, 1.54) is 12.7 Å². The van der Waals surface area contributed by atoms with Crippen molar-refractivity contribution >= 4 is 24.2 Å². The lowest BCUT2D eigenvalue weighted by Gasteiger charge is -2.25. The fourth-order valence-electron chi connectivity index (χ4n) is 1.14. The second kappa shape index (κ2) is 2.31. The standard InChI is InChI=1S/C7H9N5/c1-7(8-2)5-6(10-3-9-5)11-4-12-7/h3-4,8H,1-2H3. The molecule has 0 aromatic carbocycles. The van der Waals surface area contributed by atoms with Crippen molar-refractivity contribution in [2.75, 3.05) is 7.05 Å². The quantitative estimate of drug-likeness (QED) is 0.574. The highest BCUT2D eigenvalue weighted by Gasteiger charge is 2.34. The van der Waals surface area contributed by atoms with Crippen molar-refractivity contribution in [1.29, 1.82) is 0 Å². The topological polar surface area (TPSA) is 61.5 Å². The number of nitrogens with zero attached hydrogens (tertiary/aromatic N) is 4. The number of hydrogen-bond donors (Lipinski definition) is 1. The van der Waals surface area contributed by atoms with E-state index in [4.69, 9.17) is 0 Å². The maximum absolute atomic E-state index is 4.19. The second-order valence-corrected chi connectivity index (χ2v) is 2.74. The molecule has 0 saturated heterocycles. The molecule has 0 spiro atoms. The Morgan fingerprint density at radius 1 is 1.33 bits per heavy atom. The molecule has 5 heteroatoms. The van der Waals surface area contributed by atoms with Gasteiger partial charge in [0, 0.05) is 0 Å². The molecule has 2 aliphatic heterocycles. The molecule has 1 unspecified atom stereocenters. The van der Waals surface area contributed by atoms with E-state index in [0.29, 0.717) is 5.84 Å². The molecule has 0 radical (unpaired) electrons. The van der Waals surface area contributed by atoms with E-state index in [-0.39, 0.29) is 0 Å². The summed E-state index contributed by atoms with van der Waals surface area (Å²) in [6.07, 6.45) is 3.01. The van der Waals surface area contributed by atoms with Crippen molar-refractivity contribution in [3.05, 3.63) is 0 Å². The molecule has 0 amide bonds. The van der Waals surface area contributed by atoms with E-state index in [1.807, 2.05) is 14.0 Å². The van der Waals surface area contributed by atoms with Crippen molar-refractivity contribution in [3.8, 4) is 0 Å². The van der Waals surface area contributed by atoms with Gasteiger partial charge in [-0.3, -0.25) is 5.32 Å². The molecule has 1 N–H and O–H groups in total. The number of hydrogen-bond acceptors (Lipinski definition) is 5. The molecule has 2 aliphatic rings. The van der Waals surface area contributed by atoms with Gasteiger partial charge in [-0.25, -0.2) is 20.0 Å². The number of amidine groups is 1. The normalized spacial score (nSPS) is 31.5. The number of rotatable bonds is 1. The number of fused-ring (bicyclic) bond motifs is 1. The molecule has 0 aromatic rings. The lowest BCUT2D eigenvalue weighted by molar-refractivity contribution is 0.543. The van der Waals surface area contributed by atoms with Crippen LogP contribution in [-0.2, 0) is 0 Å². The van der Waals surface area contributed by atoms with Gasteiger partial charge in [-0.05, 0) is 14.0 Å². The maximum Gasteiger partial charge on any atom is 0.180 e. The molecule has 0 bridgehead atoms. The van der Waals surface area contributed by atoms with Gasteiger partial charge < -0.3 is 0 Å². The van der Waals surface area contributed by atoms with Crippen LogP contribution in [0.2, 0.25) is 0 Å². The Morgan fingerprint density at radius 2 is 2.17 bits per heavy atom. The minimum Gasteiger partial charge on any atom is -0.291 e. The van der Waals surface area contributed by atoms with Crippen LogP contribution < -0.4 is 5.32 Å². The maximum atomic E-state index is 4.19. The van der Waals surface area contributed by atoms with Crippen molar-refractivity contribution in [1.82, 2.24) is 5.32 Å². The van der Waals surface area contributed by atoms with Crippen LogP contribution in [0.1, 0.15) is 6.92 Å². The number of aliphatic imine (C=N–C) groups is 4. The van der Waals surface area contributed by atoms with Gasteiger partial charge in [-0.15, -0.1) is 0 Å². The third-order valence-electron chi connectivity index (χ3n) is 2.02. The summed E-state index contributed by atoms with van der Waals surface area (Å²) >= 11 is 0. The Labute approximate surface area is 70.0 Å². The van der Waals surface area contributed by atoms with Crippen molar-refractivity contribution in [3.63, 3.8) is 0 Å². The molecular formula is C7H9N5. The van der Waals surface area contributed by atoms with E-state index in [2.05, 4.69) is 25.3 Å². The largest absolute Gasteiger partial charge is 0.291 e. The monoisotopic (exact) mass is 163 g/mol. The van der Waals surface area contributed by atoms with Gasteiger partial charge in [0.2, 0.25) is 0 Å². The van der Waals surface area contributed by atoms with Crippen LogP contribution in [0.25, 0.3) is 0 Å². The fraction of sp³-hybridized carbons (Fsp3) is 0.429. The average molecular weight is 163 g/mol. The summed E-state index contributed by atoms with van der Waals surface area (Å²) in [6, 6.07) is 0. The van der Waals surface area contributed by atoms with Gasteiger partial charge in [0.25, 0.3) is 0 Å². The molecule has 62 valence electrons. The molecule has 0 aromatic heterocycles. The predicted octanol–water partition coefficient (Wildman–Crippen LogP) is -0.155. The zero-order chi connectivity index (χ0) is 8.60. The Kier molecular flexibility index (Phi) is 1.41. The van der Waals surface area contributed by atoms with E-state index in [0.717, 1.165) is 5.71 Å². The first-order valence-electron chi connectivity index (χ1n) is 3.68. The van der Waals surface area contributed by atoms with Crippen LogP contribution in [-0.4, -0.2) is 36.9 Å². The van der Waals surface area contributed by atoms with E-state index >= 15 is 0 Å². The van der Waals surface area contributed by atoms with Gasteiger partial charge in [-0.2, -0.15) is 0 Å². The molecule has 5 nitrogen and oxygen atoms in total. The summed E-state index contributed by atoms with van der Waals surface area (Å²) < 4.78 is 0. The van der Waals surface area contributed by atoms with E-state index in [9.17, 15) is 0 Å². The summed E-state index contributed by atoms with van der Waals surface area (Å²) in [5.74, 6) is 0.654. The summed E-state index contributed by atoms with van der Waals surface area (Å²) in [5, 5.41) is 3.06. The van der Waals surface area contributed by atoms with Crippen LogP contribution in [0.5, 0.6) is 0 Å². The van der Waals surface area contributed by atoms with Gasteiger partial charge in [0.05, 0.1) is 0 Å². The smallest absolute Gasteiger partial charge is 0.180 e. The zero-order valence-electron chi connectivity index (χ0n) is 6.94. The zero-order valence-corrected chi connectivity index (χ0v) is 6.94. The second-order valence-electron chi connectivity index (χ2n) is 2.74. The minimum absolute atomic E-state index is 0.465. The minimum atomic E-state index is -0.465. The van der Waals surface area contributed by atoms with Gasteiger partial charge in [-0.1, -0.05) is 0 Å². The Hall–Kier alpha value is -1.36. The third kappa shape index (κ3) is 0.831. The predicted molar refractivity (Wildman–Crippen MR) is 49.3 cm³/mol. The average Bonchev–Trinajstić information content (AvgIpc) is 2.54. The summed E-state index contributed by atoms with van der Waals surface area (Å²) in [4.78, 5) is 16.3. The number of nitrogens with one attached hydrogen (secondary N) is 1. The van der Waals surface area contributed by atoms with E-state index in [1.54, 1.807) is 0 Å². The van der Waals surface area contributed by atoms with Gasteiger partial charge >= 0.3 is 0 Å². The lowest BCUT2D eigenvalue weighted by atomic mass is 10.1. The molecule has 1 atom stereocenters. The fourth-order valence-corrected chi connectivity index (χ4v) is 1.14. The van der Waals surface area contributed by atoms with Crippen LogP contribution in [0, 0.1) is 0 Å². The third-order valence-corrected chi connectivity index (χ3v) is 2.02. The molecule has 12 heavy (non-hydrogen) atoms. The van der Waals surface area contributed by atoms with Gasteiger partial charge in [0.1, 0.15) is 18.4 Å². The molecule has 0 fully saturated rings. The first-order valence-corrected chi connectivity index (χ1v) is 3.68. The first kappa shape index (κ1) is 7.30.